The highest BCUT2D eigenvalue weighted by Gasteiger charge is 2.36. The van der Waals surface area contributed by atoms with Gasteiger partial charge in [-0.3, -0.25) is 0 Å². The van der Waals surface area contributed by atoms with E-state index in [1.54, 1.807) is 6.07 Å². The van der Waals surface area contributed by atoms with Crippen LogP contribution >= 0.6 is 11.8 Å². The summed E-state index contributed by atoms with van der Waals surface area (Å²) in [6, 6.07) is 7.78. The van der Waals surface area contributed by atoms with E-state index < -0.39 is 0 Å². The summed E-state index contributed by atoms with van der Waals surface area (Å²) in [4.78, 5) is 0. The number of benzene rings is 1. The van der Waals surface area contributed by atoms with E-state index in [2.05, 4.69) is 18.5 Å². The molecule has 2 N–H and O–H groups in total. The molecule has 2 rings (SSSR count). The lowest BCUT2D eigenvalue weighted by Crippen LogP contribution is -2.43. The lowest BCUT2D eigenvalue weighted by atomic mass is 9.84. The highest BCUT2D eigenvalue weighted by atomic mass is 32.2. The molecule has 1 aliphatic carbocycles. The highest BCUT2D eigenvalue weighted by Crippen LogP contribution is 2.42. The third-order valence-electron chi connectivity index (χ3n) is 3.83. The number of thioether (sulfide) groups is 1. The van der Waals surface area contributed by atoms with Crippen LogP contribution in [0, 0.1) is 0 Å². The zero-order chi connectivity index (χ0) is 12.3. The van der Waals surface area contributed by atoms with Crippen molar-refractivity contribution in [3.63, 3.8) is 0 Å². The van der Waals surface area contributed by atoms with Crippen LogP contribution in [0.3, 0.4) is 0 Å². The van der Waals surface area contributed by atoms with E-state index in [0.29, 0.717) is 10.5 Å². The van der Waals surface area contributed by atoms with Gasteiger partial charge in [-0.2, -0.15) is 11.8 Å². The Hall–Kier alpha value is -0.670. The lowest BCUT2D eigenvalue weighted by molar-refractivity contribution is 0.332. The normalized spacial score (nSPS) is 19.6. The summed E-state index contributed by atoms with van der Waals surface area (Å²) >= 11 is 1.98. The molecule has 0 aromatic heterocycles. The van der Waals surface area contributed by atoms with Crippen molar-refractivity contribution < 1.29 is 5.11 Å². The second-order valence-electron chi connectivity index (χ2n) is 4.90. The topological polar surface area (TPSA) is 32.3 Å². The quantitative estimate of drug-likeness (QED) is 0.842. The molecular formula is C14H21NOS. The molecule has 17 heavy (non-hydrogen) atoms. The fourth-order valence-electron chi connectivity index (χ4n) is 2.33. The first-order chi connectivity index (χ1) is 8.17. The molecule has 94 valence electrons. The van der Waals surface area contributed by atoms with Crippen LogP contribution in [0.2, 0.25) is 0 Å². The maximum absolute atomic E-state index is 9.79. The average molecular weight is 251 g/mol. The van der Waals surface area contributed by atoms with Gasteiger partial charge in [-0.15, -0.1) is 0 Å². The van der Waals surface area contributed by atoms with Gasteiger partial charge in [-0.25, -0.2) is 0 Å². The Morgan fingerprint density at radius 1 is 1.41 bits per heavy atom. The van der Waals surface area contributed by atoms with Gasteiger partial charge < -0.3 is 10.4 Å². The third kappa shape index (κ3) is 2.78. The first kappa shape index (κ1) is 12.8. The number of para-hydroxylation sites is 1. The van der Waals surface area contributed by atoms with Crippen LogP contribution < -0.4 is 5.32 Å². The van der Waals surface area contributed by atoms with E-state index in [9.17, 15) is 5.11 Å². The third-order valence-corrected chi connectivity index (χ3v) is 5.25. The molecule has 1 atom stereocenters. The van der Waals surface area contributed by atoms with E-state index in [4.69, 9.17) is 0 Å². The van der Waals surface area contributed by atoms with E-state index in [-0.39, 0.29) is 6.04 Å². The van der Waals surface area contributed by atoms with Crippen molar-refractivity contribution in [3.8, 4) is 5.75 Å². The van der Waals surface area contributed by atoms with Gasteiger partial charge in [-0.1, -0.05) is 24.6 Å². The van der Waals surface area contributed by atoms with Gasteiger partial charge in [0.2, 0.25) is 0 Å². The smallest absolute Gasteiger partial charge is 0.120 e. The molecule has 1 aliphatic rings. The van der Waals surface area contributed by atoms with E-state index >= 15 is 0 Å². The number of nitrogens with one attached hydrogen (secondary N) is 1. The summed E-state index contributed by atoms with van der Waals surface area (Å²) < 4.78 is 0.443. The fraction of sp³-hybridized carbons (Fsp3) is 0.571. The summed E-state index contributed by atoms with van der Waals surface area (Å²) in [7, 11) is 0. The molecule has 0 bridgehead atoms. The van der Waals surface area contributed by atoms with Gasteiger partial charge in [0.15, 0.2) is 0 Å². The molecule has 1 aromatic carbocycles. The molecular weight excluding hydrogens is 230 g/mol. The molecule has 1 saturated carbocycles. The second-order valence-corrected chi connectivity index (χ2v) is 6.18. The minimum atomic E-state index is 0.209. The van der Waals surface area contributed by atoms with Crippen molar-refractivity contribution in [3.05, 3.63) is 29.8 Å². The molecule has 1 aromatic rings. The SMILES string of the molecule is CSC1(CNC(C)c2ccccc2O)CCC1. The molecule has 0 amide bonds. The van der Waals surface area contributed by atoms with E-state index in [1.807, 2.05) is 30.0 Å². The summed E-state index contributed by atoms with van der Waals surface area (Å²) in [6.45, 7) is 3.14. The van der Waals surface area contributed by atoms with Crippen molar-refractivity contribution in [1.82, 2.24) is 5.32 Å². The van der Waals surface area contributed by atoms with Crippen LogP contribution in [0.4, 0.5) is 0 Å². The van der Waals surface area contributed by atoms with Crippen LogP contribution in [0.25, 0.3) is 0 Å². The minimum absolute atomic E-state index is 0.209. The molecule has 1 unspecified atom stereocenters. The first-order valence-electron chi connectivity index (χ1n) is 6.23. The zero-order valence-electron chi connectivity index (χ0n) is 10.6. The molecule has 0 saturated heterocycles. The Labute approximate surface area is 108 Å². The van der Waals surface area contributed by atoms with Crippen LogP contribution in [-0.4, -0.2) is 22.7 Å². The van der Waals surface area contributed by atoms with Crippen LogP contribution in [0.1, 0.15) is 37.8 Å². The number of phenolic OH excluding ortho intramolecular Hbond substituents is 1. The maximum atomic E-state index is 9.79. The summed E-state index contributed by atoms with van der Waals surface area (Å²) in [5, 5.41) is 13.3. The number of rotatable bonds is 5. The van der Waals surface area contributed by atoms with E-state index in [0.717, 1.165) is 12.1 Å². The molecule has 0 aliphatic heterocycles. The molecule has 2 nitrogen and oxygen atoms in total. The van der Waals surface area contributed by atoms with Crippen molar-refractivity contribution in [2.75, 3.05) is 12.8 Å². The van der Waals surface area contributed by atoms with Gasteiger partial charge in [0, 0.05) is 22.9 Å². The Kier molecular flexibility index (Phi) is 4.00. The Bertz CT molecular complexity index is 371. The number of aromatic hydroxyl groups is 1. The summed E-state index contributed by atoms with van der Waals surface area (Å²) in [5.74, 6) is 0.388. The molecule has 0 spiro atoms. The molecule has 0 radical (unpaired) electrons. The molecule has 3 heteroatoms. The second kappa shape index (κ2) is 5.32. The van der Waals surface area contributed by atoms with Crippen molar-refractivity contribution in [1.29, 1.82) is 0 Å². The van der Waals surface area contributed by atoms with Crippen LogP contribution in [-0.2, 0) is 0 Å². The zero-order valence-corrected chi connectivity index (χ0v) is 11.4. The van der Waals surface area contributed by atoms with Crippen molar-refractivity contribution in [2.24, 2.45) is 0 Å². The van der Waals surface area contributed by atoms with Crippen LogP contribution in [0.15, 0.2) is 24.3 Å². The number of phenols is 1. The summed E-state index contributed by atoms with van der Waals surface area (Å²) in [6.07, 6.45) is 6.18. The monoisotopic (exact) mass is 251 g/mol. The minimum Gasteiger partial charge on any atom is -0.508 e. The van der Waals surface area contributed by atoms with Gasteiger partial charge in [0.05, 0.1) is 0 Å². The largest absolute Gasteiger partial charge is 0.508 e. The summed E-state index contributed by atoms with van der Waals surface area (Å²) in [5.41, 5.74) is 0.989. The van der Waals surface area contributed by atoms with Gasteiger partial charge >= 0.3 is 0 Å². The number of hydrogen-bond donors (Lipinski definition) is 2. The highest BCUT2D eigenvalue weighted by molar-refractivity contribution is 8.00. The standard InChI is InChI=1S/C14H21NOS/c1-11(12-6-3-4-7-13(12)16)15-10-14(17-2)8-5-9-14/h3-4,6-7,11,15-16H,5,8-10H2,1-2H3. The Balaban J connectivity index is 1.93. The Morgan fingerprint density at radius 3 is 2.65 bits per heavy atom. The van der Waals surface area contributed by atoms with Gasteiger partial charge in [0.25, 0.3) is 0 Å². The maximum Gasteiger partial charge on any atom is 0.120 e. The van der Waals surface area contributed by atoms with Crippen molar-refractivity contribution >= 4 is 11.8 Å². The number of hydrogen-bond acceptors (Lipinski definition) is 3. The van der Waals surface area contributed by atoms with Crippen molar-refractivity contribution in [2.45, 2.75) is 37.0 Å². The molecule has 1 fully saturated rings. The first-order valence-corrected chi connectivity index (χ1v) is 7.46. The van der Waals surface area contributed by atoms with E-state index in [1.165, 1.54) is 19.3 Å². The predicted molar refractivity (Wildman–Crippen MR) is 74.6 cm³/mol. The van der Waals surface area contributed by atoms with Gasteiger partial charge in [0.1, 0.15) is 5.75 Å². The molecule has 0 heterocycles. The lowest BCUT2D eigenvalue weighted by Gasteiger charge is -2.41. The average Bonchev–Trinajstić information content (AvgIpc) is 2.28. The fourth-order valence-corrected chi connectivity index (χ4v) is 3.25. The van der Waals surface area contributed by atoms with Crippen LogP contribution in [0.5, 0.6) is 5.75 Å². The van der Waals surface area contributed by atoms with Gasteiger partial charge in [-0.05, 0) is 32.1 Å². The Morgan fingerprint density at radius 2 is 2.12 bits per heavy atom. The predicted octanol–water partition coefficient (Wildman–Crippen LogP) is 3.33.